The number of aromatic nitrogens is 3. The lowest BCUT2D eigenvalue weighted by atomic mass is 9.94. The number of benzene rings is 1. The monoisotopic (exact) mass is 466 g/mol. The van der Waals surface area contributed by atoms with Gasteiger partial charge >= 0.3 is 0 Å². The molecular formula is C23H26N6O3S. The molecule has 3 aromatic rings. The van der Waals surface area contributed by atoms with Crippen LogP contribution in [0.15, 0.2) is 30.6 Å². The lowest BCUT2D eigenvalue weighted by Gasteiger charge is -2.29. The van der Waals surface area contributed by atoms with Crippen molar-refractivity contribution in [2.24, 2.45) is 0 Å². The summed E-state index contributed by atoms with van der Waals surface area (Å²) in [5.41, 5.74) is 3.32. The summed E-state index contributed by atoms with van der Waals surface area (Å²) in [4.78, 5) is 33.8. The zero-order valence-corrected chi connectivity index (χ0v) is 19.9. The van der Waals surface area contributed by atoms with Crippen molar-refractivity contribution >= 4 is 34.0 Å². The van der Waals surface area contributed by atoms with E-state index < -0.39 is 0 Å². The van der Waals surface area contributed by atoms with Crippen molar-refractivity contribution in [3.8, 4) is 16.9 Å². The van der Waals surface area contributed by atoms with E-state index in [4.69, 9.17) is 9.72 Å². The van der Waals surface area contributed by atoms with Gasteiger partial charge in [0, 0.05) is 37.8 Å². The molecule has 2 aliphatic rings. The van der Waals surface area contributed by atoms with Gasteiger partial charge in [-0.1, -0.05) is 17.4 Å². The van der Waals surface area contributed by atoms with Gasteiger partial charge in [-0.05, 0) is 31.5 Å². The number of carbonyl (C=O) groups excluding carboxylic acids is 2. The first kappa shape index (κ1) is 21.4. The van der Waals surface area contributed by atoms with E-state index in [1.807, 2.05) is 38.2 Å². The Morgan fingerprint density at radius 3 is 2.91 bits per heavy atom. The molecule has 0 radical (unpaired) electrons. The average molecular weight is 467 g/mol. The molecule has 0 saturated carbocycles. The number of nitrogens with zero attached hydrogens (tertiary/aromatic N) is 5. The van der Waals surface area contributed by atoms with Crippen LogP contribution in [-0.4, -0.2) is 64.3 Å². The first-order valence-electron chi connectivity index (χ1n) is 10.8. The number of rotatable bonds is 4. The highest BCUT2D eigenvalue weighted by atomic mass is 32.1. The minimum Gasteiger partial charge on any atom is -0.490 e. The Morgan fingerprint density at radius 1 is 1.30 bits per heavy atom. The summed E-state index contributed by atoms with van der Waals surface area (Å²) in [6, 6.07) is 5.98. The van der Waals surface area contributed by atoms with Crippen molar-refractivity contribution in [3.63, 3.8) is 0 Å². The lowest BCUT2D eigenvalue weighted by molar-refractivity contribution is -0.129. The van der Waals surface area contributed by atoms with E-state index in [1.165, 1.54) is 11.3 Å². The van der Waals surface area contributed by atoms with Crippen LogP contribution < -0.4 is 15.0 Å². The van der Waals surface area contributed by atoms with E-state index in [-0.39, 0.29) is 23.9 Å². The van der Waals surface area contributed by atoms with Crippen molar-refractivity contribution in [2.45, 2.75) is 32.4 Å². The van der Waals surface area contributed by atoms with Gasteiger partial charge in [0.25, 0.3) is 5.91 Å². The Kier molecular flexibility index (Phi) is 5.12. The summed E-state index contributed by atoms with van der Waals surface area (Å²) in [7, 11) is 3.46. The maximum Gasteiger partial charge on any atom is 0.263 e. The molecule has 2 amide bonds. The molecule has 0 atom stereocenters. The number of ether oxygens (including phenoxy) is 1. The van der Waals surface area contributed by atoms with Crippen molar-refractivity contribution in [1.29, 1.82) is 0 Å². The third-order valence-electron chi connectivity index (χ3n) is 5.77. The summed E-state index contributed by atoms with van der Waals surface area (Å²) >= 11 is 1.42. The summed E-state index contributed by atoms with van der Waals surface area (Å²) in [6.45, 7) is 5.39. The largest absolute Gasteiger partial charge is 0.490 e. The van der Waals surface area contributed by atoms with Gasteiger partial charge in [0.1, 0.15) is 23.8 Å². The number of hydrogen-bond donors (Lipinski definition) is 1. The standard InChI is InChI=1S/C23H26N6O3S/c1-23(2)10-16-20(21(31)26-23)33-22(25-16)29-7-8-32-18-6-5-14(9-17(18)29)15-11-24-28(12-15)13-19(30)27(3)4/h5-6,9,11-12H,7-8,10,13H2,1-4H3,(H,26,31). The summed E-state index contributed by atoms with van der Waals surface area (Å²) in [5.74, 6) is 0.694. The Labute approximate surface area is 196 Å². The van der Waals surface area contributed by atoms with Crippen LogP contribution >= 0.6 is 11.3 Å². The number of amides is 2. The number of hydrogen-bond acceptors (Lipinski definition) is 7. The maximum atomic E-state index is 12.6. The Morgan fingerprint density at radius 2 is 2.12 bits per heavy atom. The highest BCUT2D eigenvalue weighted by Crippen LogP contribution is 2.42. The fraction of sp³-hybridized carbons (Fsp3) is 0.391. The topological polar surface area (TPSA) is 92.6 Å². The molecule has 5 rings (SSSR count). The fourth-order valence-corrected chi connectivity index (χ4v) is 5.07. The molecule has 33 heavy (non-hydrogen) atoms. The van der Waals surface area contributed by atoms with E-state index in [0.717, 1.165) is 33.4 Å². The normalized spacial score (nSPS) is 16.5. The Bertz CT molecular complexity index is 1240. The molecule has 0 spiro atoms. The summed E-state index contributed by atoms with van der Waals surface area (Å²) < 4.78 is 7.53. The minimum absolute atomic E-state index is 0.0189. The number of carbonyl (C=O) groups is 2. The molecule has 0 fully saturated rings. The molecule has 172 valence electrons. The quantitative estimate of drug-likeness (QED) is 0.636. The summed E-state index contributed by atoms with van der Waals surface area (Å²) in [5, 5.41) is 8.19. The van der Waals surface area contributed by atoms with Gasteiger partial charge in [0.15, 0.2) is 5.13 Å². The first-order valence-corrected chi connectivity index (χ1v) is 11.6. The highest BCUT2D eigenvalue weighted by molar-refractivity contribution is 7.17. The third-order valence-corrected chi connectivity index (χ3v) is 6.89. The lowest BCUT2D eigenvalue weighted by Crippen LogP contribution is -2.48. The van der Waals surface area contributed by atoms with Gasteiger partial charge in [-0.3, -0.25) is 14.3 Å². The van der Waals surface area contributed by atoms with Crippen LogP contribution in [0.3, 0.4) is 0 Å². The molecule has 2 aliphatic heterocycles. The second-order valence-corrected chi connectivity index (χ2v) is 10.2. The van der Waals surface area contributed by atoms with Gasteiger partial charge in [-0.25, -0.2) is 4.98 Å². The highest BCUT2D eigenvalue weighted by Gasteiger charge is 2.34. The van der Waals surface area contributed by atoms with Crippen molar-refractivity contribution < 1.29 is 14.3 Å². The number of anilines is 2. The Balaban J connectivity index is 1.46. The van der Waals surface area contributed by atoms with Crippen LogP contribution in [0.25, 0.3) is 11.1 Å². The molecular weight excluding hydrogens is 440 g/mol. The van der Waals surface area contributed by atoms with Gasteiger partial charge in [0.05, 0.1) is 24.1 Å². The molecule has 0 saturated heterocycles. The molecule has 9 nitrogen and oxygen atoms in total. The zero-order chi connectivity index (χ0) is 23.3. The molecule has 0 aliphatic carbocycles. The fourth-order valence-electron chi connectivity index (χ4n) is 4.05. The number of likely N-dealkylation sites (N-methyl/N-ethyl adjacent to an activating group) is 1. The van der Waals surface area contributed by atoms with Crippen LogP contribution in [0.5, 0.6) is 5.75 Å². The van der Waals surface area contributed by atoms with Gasteiger partial charge < -0.3 is 19.9 Å². The van der Waals surface area contributed by atoms with Gasteiger partial charge in [0.2, 0.25) is 5.91 Å². The summed E-state index contributed by atoms with van der Waals surface area (Å²) in [6.07, 6.45) is 4.32. The first-order chi connectivity index (χ1) is 15.7. The number of nitrogens with one attached hydrogen (secondary N) is 1. The molecule has 1 N–H and O–H groups in total. The second-order valence-electron chi connectivity index (χ2n) is 9.18. The SMILES string of the molecule is CN(C)C(=O)Cn1cc(-c2ccc3c(c2)N(c2nc4c(s2)C(=O)NC(C)(C)C4)CCO3)cn1. The molecule has 1 aromatic carbocycles. The Hall–Kier alpha value is -3.40. The van der Waals surface area contributed by atoms with E-state index >= 15 is 0 Å². The smallest absolute Gasteiger partial charge is 0.263 e. The minimum atomic E-state index is -0.306. The zero-order valence-electron chi connectivity index (χ0n) is 19.1. The molecule has 4 heterocycles. The predicted octanol–water partition coefficient (Wildman–Crippen LogP) is 2.69. The van der Waals surface area contributed by atoms with Crippen molar-refractivity contribution in [2.75, 3.05) is 32.1 Å². The van der Waals surface area contributed by atoms with Crippen LogP contribution in [0, 0.1) is 0 Å². The predicted molar refractivity (Wildman–Crippen MR) is 126 cm³/mol. The molecule has 0 bridgehead atoms. The number of fused-ring (bicyclic) bond motifs is 2. The second kappa shape index (κ2) is 7.87. The number of thiazole rings is 1. The van der Waals surface area contributed by atoms with E-state index in [2.05, 4.69) is 15.3 Å². The molecule has 0 unspecified atom stereocenters. The van der Waals surface area contributed by atoms with E-state index in [1.54, 1.807) is 29.9 Å². The van der Waals surface area contributed by atoms with Crippen LogP contribution in [-0.2, 0) is 17.8 Å². The van der Waals surface area contributed by atoms with Gasteiger partial charge in [-0.2, -0.15) is 5.10 Å². The van der Waals surface area contributed by atoms with Crippen molar-refractivity contribution in [3.05, 3.63) is 41.2 Å². The van der Waals surface area contributed by atoms with Gasteiger partial charge in [-0.15, -0.1) is 0 Å². The van der Waals surface area contributed by atoms with Crippen LogP contribution in [0.1, 0.15) is 29.2 Å². The maximum absolute atomic E-state index is 12.6. The van der Waals surface area contributed by atoms with Crippen LogP contribution in [0.2, 0.25) is 0 Å². The van der Waals surface area contributed by atoms with E-state index in [9.17, 15) is 9.59 Å². The van der Waals surface area contributed by atoms with Crippen LogP contribution in [0.4, 0.5) is 10.8 Å². The molecule has 10 heteroatoms. The average Bonchev–Trinajstić information content (AvgIpc) is 3.39. The van der Waals surface area contributed by atoms with E-state index in [0.29, 0.717) is 24.4 Å². The molecule has 2 aromatic heterocycles. The third kappa shape index (κ3) is 4.06. The van der Waals surface area contributed by atoms with Crippen molar-refractivity contribution in [1.82, 2.24) is 25.0 Å².